The molecule has 134 valence electrons. The normalized spacial score (nSPS) is 15.2. The summed E-state index contributed by atoms with van der Waals surface area (Å²) in [5.41, 5.74) is 3.17. The second-order valence-electron chi connectivity index (χ2n) is 6.58. The lowest BCUT2D eigenvalue weighted by atomic mass is 10.1. The van der Waals surface area contributed by atoms with Crippen LogP contribution in [0.5, 0.6) is 0 Å². The van der Waals surface area contributed by atoms with Gasteiger partial charge in [-0.2, -0.15) is 5.10 Å². The first-order valence-electron chi connectivity index (χ1n) is 9.00. The Bertz CT molecular complexity index is 840. The standard InChI is InChI=1S/C20H23N5O/c26-18-8-11-24(12-9-18)20-19(7-4-10-21-20)22-13-16-14-23-25(15-16)17-5-2-1-3-6-17/h1-7,10,14-15,18,22,26H,8-9,11-13H2. The highest BCUT2D eigenvalue weighted by molar-refractivity contribution is 5.65. The number of piperidine rings is 1. The zero-order valence-corrected chi connectivity index (χ0v) is 14.6. The molecular formula is C20H23N5O. The summed E-state index contributed by atoms with van der Waals surface area (Å²) in [4.78, 5) is 6.79. The van der Waals surface area contributed by atoms with E-state index in [1.165, 1.54) is 0 Å². The number of rotatable bonds is 5. The quantitative estimate of drug-likeness (QED) is 0.741. The Morgan fingerprint density at radius 3 is 2.69 bits per heavy atom. The first-order valence-corrected chi connectivity index (χ1v) is 9.00. The number of aliphatic hydroxyl groups excluding tert-OH is 1. The van der Waals surface area contributed by atoms with Crippen molar-refractivity contribution in [2.75, 3.05) is 23.3 Å². The Labute approximate surface area is 153 Å². The molecule has 2 aromatic heterocycles. The summed E-state index contributed by atoms with van der Waals surface area (Å²) in [5.74, 6) is 0.954. The number of nitrogens with one attached hydrogen (secondary N) is 1. The van der Waals surface area contributed by atoms with Crippen LogP contribution in [-0.2, 0) is 6.54 Å². The molecule has 1 aliphatic rings. The van der Waals surface area contributed by atoms with Gasteiger partial charge in [0.1, 0.15) is 0 Å². The average molecular weight is 349 g/mol. The number of hydrogen-bond acceptors (Lipinski definition) is 5. The summed E-state index contributed by atoms with van der Waals surface area (Å²) in [6.07, 6.45) is 7.14. The zero-order valence-electron chi connectivity index (χ0n) is 14.6. The molecule has 0 radical (unpaired) electrons. The van der Waals surface area contributed by atoms with Gasteiger partial charge in [0.2, 0.25) is 0 Å². The number of hydrogen-bond donors (Lipinski definition) is 2. The van der Waals surface area contributed by atoms with Crippen LogP contribution in [0, 0.1) is 0 Å². The molecule has 1 saturated heterocycles. The van der Waals surface area contributed by atoms with Crippen molar-refractivity contribution in [2.24, 2.45) is 0 Å². The van der Waals surface area contributed by atoms with Crippen molar-refractivity contribution in [3.8, 4) is 5.69 Å². The third-order valence-corrected chi connectivity index (χ3v) is 4.69. The van der Waals surface area contributed by atoms with Crippen LogP contribution in [0.25, 0.3) is 5.69 Å². The highest BCUT2D eigenvalue weighted by Gasteiger charge is 2.20. The Morgan fingerprint density at radius 1 is 1.08 bits per heavy atom. The summed E-state index contributed by atoms with van der Waals surface area (Å²) in [6.45, 7) is 2.35. The molecule has 0 atom stereocenters. The van der Waals surface area contributed by atoms with Crippen LogP contribution in [0.3, 0.4) is 0 Å². The maximum atomic E-state index is 9.72. The van der Waals surface area contributed by atoms with E-state index in [9.17, 15) is 5.11 Å². The van der Waals surface area contributed by atoms with E-state index in [0.717, 1.165) is 48.7 Å². The molecule has 6 heteroatoms. The molecule has 3 heterocycles. The van der Waals surface area contributed by atoms with E-state index in [1.807, 2.05) is 59.7 Å². The third kappa shape index (κ3) is 3.70. The van der Waals surface area contributed by atoms with Gasteiger partial charge in [0.25, 0.3) is 0 Å². The topological polar surface area (TPSA) is 66.2 Å². The number of pyridine rings is 1. The molecule has 0 bridgehead atoms. The molecule has 6 nitrogen and oxygen atoms in total. The smallest absolute Gasteiger partial charge is 0.151 e. The Balaban J connectivity index is 1.45. The highest BCUT2D eigenvalue weighted by Crippen LogP contribution is 2.26. The van der Waals surface area contributed by atoms with Crippen LogP contribution in [0.2, 0.25) is 0 Å². The summed E-state index contributed by atoms with van der Waals surface area (Å²) in [7, 11) is 0. The van der Waals surface area contributed by atoms with Gasteiger partial charge in [-0.3, -0.25) is 0 Å². The average Bonchev–Trinajstić information content (AvgIpc) is 3.17. The van der Waals surface area contributed by atoms with E-state index in [0.29, 0.717) is 6.54 Å². The molecule has 2 N–H and O–H groups in total. The van der Waals surface area contributed by atoms with Crippen LogP contribution in [0.1, 0.15) is 18.4 Å². The SMILES string of the molecule is OC1CCN(c2ncccc2NCc2cnn(-c3ccccc3)c2)CC1. The number of aliphatic hydroxyl groups is 1. The lowest BCUT2D eigenvalue weighted by Crippen LogP contribution is -2.36. The van der Waals surface area contributed by atoms with Crippen molar-refractivity contribution in [1.82, 2.24) is 14.8 Å². The first kappa shape index (κ1) is 16.6. The van der Waals surface area contributed by atoms with Crippen molar-refractivity contribution in [3.63, 3.8) is 0 Å². The van der Waals surface area contributed by atoms with Gasteiger partial charge in [-0.1, -0.05) is 18.2 Å². The van der Waals surface area contributed by atoms with Gasteiger partial charge in [-0.25, -0.2) is 9.67 Å². The summed E-state index contributed by atoms with van der Waals surface area (Å²) in [5, 5.41) is 17.6. The summed E-state index contributed by atoms with van der Waals surface area (Å²) >= 11 is 0. The van der Waals surface area contributed by atoms with E-state index in [2.05, 4.69) is 26.4 Å². The number of benzene rings is 1. The number of para-hydroxylation sites is 1. The van der Waals surface area contributed by atoms with E-state index in [4.69, 9.17) is 0 Å². The fourth-order valence-electron chi connectivity index (χ4n) is 3.24. The molecule has 1 fully saturated rings. The van der Waals surface area contributed by atoms with Crippen LogP contribution < -0.4 is 10.2 Å². The molecule has 3 aromatic rings. The Hall–Kier alpha value is -2.86. The van der Waals surface area contributed by atoms with E-state index >= 15 is 0 Å². The molecule has 0 spiro atoms. The second-order valence-corrected chi connectivity index (χ2v) is 6.58. The monoisotopic (exact) mass is 349 g/mol. The maximum Gasteiger partial charge on any atom is 0.151 e. The van der Waals surface area contributed by atoms with Crippen molar-refractivity contribution in [1.29, 1.82) is 0 Å². The molecule has 26 heavy (non-hydrogen) atoms. The lowest BCUT2D eigenvalue weighted by Gasteiger charge is -2.31. The van der Waals surface area contributed by atoms with Crippen molar-refractivity contribution in [2.45, 2.75) is 25.5 Å². The number of nitrogens with zero attached hydrogens (tertiary/aromatic N) is 4. The highest BCUT2D eigenvalue weighted by atomic mass is 16.3. The third-order valence-electron chi connectivity index (χ3n) is 4.69. The Kier molecular flexibility index (Phi) is 4.84. The summed E-state index contributed by atoms with van der Waals surface area (Å²) < 4.78 is 1.88. The van der Waals surface area contributed by atoms with Crippen molar-refractivity contribution < 1.29 is 5.11 Å². The van der Waals surface area contributed by atoms with E-state index < -0.39 is 0 Å². The van der Waals surface area contributed by atoms with Crippen molar-refractivity contribution in [3.05, 3.63) is 66.6 Å². The second kappa shape index (κ2) is 7.58. The van der Waals surface area contributed by atoms with Gasteiger partial charge in [0, 0.05) is 37.6 Å². The molecule has 1 aromatic carbocycles. The minimum Gasteiger partial charge on any atom is -0.393 e. The lowest BCUT2D eigenvalue weighted by molar-refractivity contribution is 0.145. The zero-order chi connectivity index (χ0) is 17.8. The molecule has 4 rings (SSSR count). The van der Waals surface area contributed by atoms with Crippen LogP contribution >= 0.6 is 0 Å². The van der Waals surface area contributed by atoms with E-state index in [1.54, 1.807) is 0 Å². The minimum atomic E-state index is -0.185. The van der Waals surface area contributed by atoms with Gasteiger partial charge in [-0.15, -0.1) is 0 Å². The fraction of sp³-hybridized carbons (Fsp3) is 0.300. The molecular weight excluding hydrogens is 326 g/mol. The largest absolute Gasteiger partial charge is 0.393 e. The van der Waals surface area contributed by atoms with E-state index in [-0.39, 0.29) is 6.10 Å². The molecule has 1 aliphatic heterocycles. The fourth-order valence-corrected chi connectivity index (χ4v) is 3.24. The van der Waals surface area contributed by atoms with Crippen LogP contribution in [0.4, 0.5) is 11.5 Å². The first-order chi connectivity index (χ1) is 12.8. The summed E-state index contributed by atoms with van der Waals surface area (Å²) in [6, 6.07) is 14.1. The van der Waals surface area contributed by atoms with Crippen molar-refractivity contribution >= 4 is 11.5 Å². The Morgan fingerprint density at radius 2 is 1.88 bits per heavy atom. The van der Waals surface area contributed by atoms with Gasteiger partial charge in [0.05, 0.1) is 23.7 Å². The van der Waals surface area contributed by atoms with Gasteiger partial charge < -0.3 is 15.3 Å². The number of aromatic nitrogens is 3. The van der Waals surface area contributed by atoms with Gasteiger partial charge in [-0.05, 0) is 37.1 Å². The predicted molar refractivity (Wildman–Crippen MR) is 103 cm³/mol. The predicted octanol–water partition coefficient (Wildman–Crippen LogP) is 2.84. The van der Waals surface area contributed by atoms with Crippen LogP contribution in [0.15, 0.2) is 61.1 Å². The minimum absolute atomic E-state index is 0.185. The number of anilines is 2. The molecule has 0 unspecified atom stereocenters. The van der Waals surface area contributed by atoms with Crippen LogP contribution in [-0.4, -0.2) is 39.1 Å². The van der Waals surface area contributed by atoms with Gasteiger partial charge in [0.15, 0.2) is 5.82 Å². The molecule has 0 aliphatic carbocycles. The van der Waals surface area contributed by atoms with Gasteiger partial charge >= 0.3 is 0 Å². The molecule has 0 saturated carbocycles. The molecule has 0 amide bonds. The maximum absolute atomic E-state index is 9.72.